The van der Waals surface area contributed by atoms with Crippen molar-refractivity contribution in [1.82, 2.24) is 0 Å². The Labute approximate surface area is 144 Å². The minimum atomic E-state index is -0.0198. The maximum Gasteiger partial charge on any atom is 0.306 e. The number of esters is 1. The lowest BCUT2D eigenvalue weighted by Gasteiger charge is -2.60. The van der Waals surface area contributed by atoms with Crippen LogP contribution in [-0.4, -0.2) is 17.9 Å². The highest BCUT2D eigenvalue weighted by Gasteiger charge is 2.62. The molecule has 0 spiro atoms. The Bertz CT molecular complexity index is 598. The molecule has 4 saturated carbocycles. The standard InChI is InChI=1S/C21H30O3/c1-20-8-7-16-14(15(20)5-6-18(20)22)4-3-13-10-17-12(9-19(23)24-17)11-21(13,16)2/h12-17H,3-11H2,1-2H3/t12-,13-,14-,15-,16-,17-,20-,21-/m0/s1. The summed E-state index contributed by atoms with van der Waals surface area (Å²) in [6.07, 6.45) is 9.96. The van der Waals surface area contributed by atoms with Crippen molar-refractivity contribution in [3.05, 3.63) is 0 Å². The predicted octanol–water partition coefficient (Wildman–Crippen LogP) is 4.14. The molecule has 1 aliphatic heterocycles. The number of hydrogen-bond acceptors (Lipinski definition) is 3. The van der Waals surface area contributed by atoms with Crippen LogP contribution in [0, 0.1) is 40.4 Å². The van der Waals surface area contributed by atoms with Crippen molar-refractivity contribution in [2.24, 2.45) is 40.4 Å². The molecule has 0 aromatic carbocycles. The first kappa shape index (κ1) is 15.4. The van der Waals surface area contributed by atoms with Crippen LogP contribution >= 0.6 is 0 Å². The number of ketones is 1. The Balaban J connectivity index is 1.45. The van der Waals surface area contributed by atoms with Gasteiger partial charge in [-0.1, -0.05) is 13.8 Å². The Kier molecular flexibility index (Phi) is 3.12. The third-order valence-corrected chi connectivity index (χ3v) is 9.23. The van der Waals surface area contributed by atoms with E-state index in [-0.39, 0.29) is 17.5 Å². The minimum Gasteiger partial charge on any atom is -0.462 e. The molecule has 5 aliphatic rings. The van der Waals surface area contributed by atoms with E-state index >= 15 is 0 Å². The lowest BCUT2D eigenvalue weighted by molar-refractivity contribution is -0.152. The molecule has 3 nitrogen and oxygen atoms in total. The van der Waals surface area contributed by atoms with Crippen LogP contribution in [0.25, 0.3) is 0 Å². The van der Waals surface area contributed by atoms with Gasteiger partial charge in [0, 0.05) is 17.8 Å². The summed E-state index contributed by atoms with van der Waals surface area (Å²) < 4.78 is 5.61. The van der Waals surface area contributed by atoms with Crippen LogP contribution in [0.1, 0.15) is 71.6 Å². The fourth-order valence-electron chi connectivity index (χ4n) is 7.96. The Morgan fingerprint density at radius 1 is 1.04 bits per heavy atom. The van der Waals surface area contributed by atoms with Crippen LogP contribution in [0.5, 0.6) is 0 Å². The second kappa shape index (κ2) is 4.86. The SMILES string of the molecule is C[C@]12C[C@@H]3CC(=O)O[C@H]3C[C@@H]1CC[C@@H]1[C@@H]2CC[C@]2(C)C(=O)CC[C@@H]12. The zero-order valence-electron chi connectivity index (χ0n) is 15.1. The molecule has 5 fully saturated rings. The molecule has 3 heteroatoms. The van der Waals surface area contributed by atoms with Crippen molar-refractivity contribution in [3.63, 3.8) is 0 Å². The molecule has 0 amide bonds. The molecule has 0 radical (unpaired) electrons. The topological polar surface area (TPSA) is 43.4 Å². The van der Waals surface area contributed by atoms with Gasteiger partial charge in [-0.3, -0.25) is 9.59 Å². The van der Waals surface area contributed by atoms with Gasteiger partial charge in [-0.25, -0.2) is 0 Å². The van der Waals surface area contributed by atoms with Crippen molar-refractivity contribution in [3.8, 4) is 0 Å². The van der Waals surface area contributed by atoms with Gasteiger partial charge in [0.1, 0.15) is 11.9 Å². The third-order valence-electron chi connectivity index (χ3n) is 9.23. The van der Waals surface area contributed by atoms with Gasteiger partial charge in [-0.05, 0) is 74.0 Å². The summed E-state index contributed by atoms with van der Waals surface area (Å²) in [6.45, 7) is 4.78. The zero-order chi connectivity index (χ0) is 16.7. The van der Waals surface area contributed by atoms with Crippen molar-refractivity contribution >= 4 is 11.8 Å². The van der Waals surface area contributed by atoms with Gasteiger partial charge in [-0.15, -0.1) is 0 Å². The second-order valence-corrected chi connectivity index (χ2v) is 10.0. The van der Waals surface area contributed by atoms with Crippen molar-refractivity contribution in [2.75, 3.05) is 0 Å². The molecule has 0 unspecified atom stereocenters. The third kappa shape index (κ3) is 1.85. The fourth-order valence-corrected chi connectivity index (χ4v) is 7.96. The van der Waals surface area contributed by atoms with Gasteiger partial charge in [0.15, 0.2) is 0 Å². The lowest BCUT2D eigenvalue weighted by atomic mass is 9.44. The van der Waals surface area contributed by atoms with E-state index in [9.17, 15) is 9.59 Å². The van der Waals surface area contributed by atoms with Crippen molar-refractivity contribution in [2.45, 2.75) is 77.7 Å². The smallest absolute Gasteiger partial charge is 0.306 e. The van der Waals surface area contributed by atoms with Crippen LogP contribution in [-0.2, 0) is 14.3 Å². The predicted molar refractivity (Wildman–Crippen MR) is 90.1 cm³/mol. The first-order chi connectivity index (χ1) is 11.4. The number of carbonyl (C=O) groups excluding carboxylic acids is 2. The van der Waals surface area contributed by atoms with E-state index in [4.69, 9.17) is 4.74 Å². The Morgan fingerprint density at radius 2 is 1.88 bits per heavy atom. The Hall–Kier alpha value is -0.860. The minimum absolute atomic E-state index is 0.0198. The van der Waals surface area contributed by atoms with E-state index in [1.54, 1.807) is 0 Å². The number of hydrogen-bond donors (Lipinski definition) is 0. The maximum absolute atomic E-state index is 12.5. The lowest BCUT2D eigenvalue weighted by Crippen LogP contribution is -2.55. The van der Waals surface area contributed by atoms with Gasteiger partial charge in [0.2, 0.25) is 0 Å². The summed E-state index contributed by atoms with van der Waals surface area (Å²) in [5, 5.41) is 0. The maximum atomic E-state index is 12.5. The van der Waals surface area contributed by atoms with Crippen LogP contribution in [0.3, 0.4) is 0 Å². The molecule has 4 aliphatic carbocycles. The number of carbonyl (C=O) groups is 2. The van der Waals surface area contributed by atoms with E-state index in [2.05, 4.69) is 13.8 Å². The van der Waals surface area contributed by atoms with Gasteiger partial charge < -0.3 is 4.74 Å². The number of ether oxygens (including phenoxy) is 1. The summed E-state index contributed by atoms with van der Waals surface area (Å²) in [5.41, 5.74) is 0.346. The largest absolute Gasteiger partial charge is 0.462 e. The molecule has 0 bridgehead atoms. The van der Waals surface area contributed by atoms with Crippen LogP contribution in [0.4, 0.5) is 0 Å². The molecular formula is C21H30O3. The van der Waals surface area contributed by atoms with Gasteiger partial charge >= 0.3 is 5.97 Å². The second-order valence-electron chi connectivity index (χ2n) is 10.0. The van der Waals surface area contributed by atoms with Gasteiger partial charge in [0.05, 0.1) is 6.42 Å². The van der Waals surface area contributed by atoms with Crippen molar-refractivity contribution in [1.29, 1.82) is 0 Å². The fraction of sp³-hybridized carbons (Fsp3) is 0.905. The van der Waals surface area contributed by atoms with Crippen LogP contribution in [0.15, 0.2) is 0 Å². The summed E-state index contributed by atoms with van der Waals surface area (Å²) in [7, 11) is 0. The molecule has 0 aromatic rings. The molecule has 1 saturated heterocycles. The highest BCUT2D eigenvalue weighted by Crippen LogP contribution is 2.66. The Morgan fingerprint density at radius 3 is 2.71 bits per heavy atom. The zero-order valence-corrected chi connectivity index (χ0v) is 15.1. The molecular weight excluding hydrogens is 300 g/mol. The highest BCUT2D eigenvalue weighted by molar-refractivity contribution is 5.87. The number of Topliss-reactive ketones (excluding diaryl/α,β-unsaturated/α-hetero) is 1. The molecule has 0 N–H and O–H groups in total. The summed E-state index contributed by atoms with van der Waals surface area (Å²) in [4.78, 5) is 24.3. The number of rotatable bonds is 0. The molecule has 1 heterocycles. The van der Waals surface area contributed by atoms with E-state index in [0.29, 0.717) is 35.4 Å². The van der Waals surface area contributed by atoms with Crippen LogP contribution in [0.2, 0.25) is 0 Å². The van der Waals surface area contributed by atoms with Crippen molar-refractivity contribution < 1.29 is 14.3 Å². The normalized spacial score (nSPS) is 56.1. The average Bonchev–Trinajstić information content (AvgIpc) is 3.03. The summed E-state index contributed by atoms with van der Waals surface area (Å²) in [6, 6.07) is 0. The van der Waals surface area contributed by atoms with E-state index < -0.39 is 0 Å². The summed E-state index contributed by atoms with van der Waals surface area (Å²) in [5.74, 6) is 3.87. The van der Waals surface area contributed by atoms with Gasteiger partial charge in [0.25, 0.3) is 0 Å². The number of fused-ring (bicyclic) bond motifs is 6. The molecule has 24 heavy (non-hydrogen) atoms. The average molecular weight is 330 g/mol. The molecule has 0 aromatic heterocycles. The van der Waals surface area contributed by atoms with E-state index in [1.165, 1.54) is 25.7 Å². The first-order valence-corrected chi connectivity index (χ1v) is 10.1. The van der Waals surface area contributed by atoms with Crippen LogP contribution < -0.4 is 0 Å². The molecule has 8 atom stereocenters. The monoisotopic (exact) mass is 330 g/mol. The van der Waals surface area contributed by atoms with E-state index in [1.807, 2.05) is 0 Å². The van der Waals surface area contributed by atoms with Gasteiger partial charge in [-0.2, -0.15) is 0 Å². The quantitative estimate of drug-likeness (QED) is 0.627. The highest BCUT2D eigenvalue weighted by atomic mass is 16.5. The molecule has 5 rings (SSSR count). The first-order valence-electron chi connectivity index (χ1n) is 10.1. The summed E-state index contributed by atoms with van der Waals surface area (Å²) >= 11 is 0. The van der Waals surface area contributed by atoms with E-state index in [0.717, 1.165) is 37.5 Å². The molecule has 132 valence electrons.